The third-order valence-corrected chi connectivity index (χ3v) is 3.94. The van der Waals surface area contributed by atoms with Crippen LogP contribution in [0.2, 0.25) is 0 Å². The van der Waals surface area contributed by atoms with Crippen LogP contribution in [-0.2, 0) is 0 Å². The van der Waals surface area contributed by atoms with E-state index in [-0.39, 0.29) is 0 Å². The van der Waals surface area contributed by atoms with Gasteiger partial charge in [0, 0.05) is 16.3 Å². The molecule has 1 aromatic rings. The van der Waals surface area contributed by atoms with Gasteiger partial charge >= 0.3 is 0 Å². The molecule has 66 valence electrons. The molecule has 0 amide bonds. The minimum atomic E-state index is 0.741. The Labute approximate surface area is 84.2 Å². The number of halogens is 1. The van der Waals surface area contributed by atoms with Crippen LogP contribution in [0.3, 0.4) is 0 Å². The van der Waals surface area contributed by atoms with Crippen LogP contribution in [0.4, 0.5) is 0 Å². The Morgan fingerprint density at radius 3 is 3.17 bits per heavy atom. The van der Waals surface area contributed by atoms with Crippen LogP contribution in [-0.4, -0.2) is 16.8 Å². The van der Waals surface area contributed by atoms with Crippen molar-refractivity contribution in [2.45, 2.75) is 12.3 Å². The van der Waals surface area contributed by atoms with Crippen molar-refractivity contribution in [2.75, 3.05) is 12.4 Å². The van der Waals surface area contributed by atoms with E-state index in [0.29, 0.717) is 0 Å². The average molecular weight is 248 g/mol. The molecule has 1 fully saturated rings. The molecule has 2 atom stereocenters. The minimum Gasteiger partial charge on any atom is -0.480 e. The number of alkyl halides is 1. The molecule has 1 heterocycles. The standard InChI is InChI=1S/C8H10BrNOS/c1-11-8-3-7(12-10-8)6-2-5(6)4-9/h3,5-6H,2,4H2,1H3. The van der Waals surface area contributed by atoms with Gasteiger partial charge in [-0.3, -0.25) is 0 Å². The number of hydrogen-bond acceptors (Lipinski definition) is 3. The van der Waals surface area contributed by atoms with Crippen molar-refractivity contribution in [2.24, 2.45) is 5.92 Å². The molecule has 0 aliphatic heterocycles. The summed E-state index contributed by atoms with van der Waals surface area (Å²) in [7, 11) is 1.66. The number of nitrogens with zero attached hydrogens (tertiary/aromatic N) is 1. The Balaban J connectivity index is 2.05. The van der Waals surface area contributed by atoms with Crippen LogP contribution in [0.15, 0.2) is 6.07 Å². The highest BCUT2D eigenvalue weighted by Gasteiger charge is 2.38. The Hall–Kier alpha value is -0.0900. The van der Waals surface area contributed by atoms with E-state index in [1.807, 2.05) is 0 Å². The first-order valence-electron chi connectivity index (χ1n) is 3.91. The molecule has 4 heteroatoms. The number of hydrogen-bond donors (Lipinski definition) is 0. The zero-order chi connectivity index (χ0) is 8.55. The second-order valence-electron chi connectivity index (χ2n) is 3.03. The fourth-order valence-corrected chi connectivity index (χ4v) is 2.93. The predicted molar refractivity (Wildman–Crippen MR) is 53.3 cm³/mol. The summed E-state index contributed by atoms with van der Waals surface area (Å²) in [5.41, 5.74) is 0. The molecule has 0 N–H and O–H groups in total. The molecule has 1 aliphatic carbocycles. The molecule has 2 rings (SSSR count). The van der Waals surface area contributed by atoms with Gasteiger partial charge in [0.1, 0.15) is 0 Å². The summed E-state index contributed by atoms with van der Waals surface area (Å²) in [5.74, 6) is 2.33. The SMILES string of the molecule is COc1cc(C2CC2CBr)sn1. The normalized spacial score (nSPS) is 27.2. The highest BCUT2D eigenvalue weighted by atomic mass is 79.9. The van der Waals surface area contributed by atoms with Gasteiger partial charge in [0.15, 0.2) is 0 Å². The first-order valence-corrected chi connectivity index (χ1v) is 5.81. The predicted octanol–water partition coefficient (Wildman–Crippen LogP) is 2.65. The molecular formula is C8H10BrNOS. The van der Waals surface area contributed by atoms with E-state index in [1.54, 1.807) is 18.6 Å². The quantitative estimate of drug-likeness (QED) is 0.767. The Kier molecular flexibility index (Phi) is 2.37. The third kappa shape index (κ3) is 1.50. The maximum absolute atomic E-state index is 5.03. The minimum absolute atomic E-state index is 0.741. The Bertz CT molecular complexity index is 276. The highest BCUT2D eigenvalue weighted by molar-refractivity contribution is 9.09. The Morgan fingerprint density at radius 2 is 2.67 bits per heavy atom. The van der Waals surface area contributed by atoms with Crippen LogP contribution in [0.25, 0.3) is 0 Å². The van der Waals surface area contributed by atoms with Crippen molar-refractivity contribution >= 4 is 27.5 Å². The fraction of sp³-hybridized carbons (Fsp3) is 0.625. The van der Waals surface area contributed by atoms with Gasteiger partial charge in [0.2, 0.25) is 5.88 Å². The summed E-state index contributed by atoms with van der Waals surface area (Å²) in [4.78, 5) is 1.37. The lowest BCUT2D eigenvalue weighted by Crippen LogP contribution is -1.80. The number of methoxy groups -OCH3 is 1. The molecule has 0 bridgehead atoms. The van der Waals surface area contributed by atoms with Crippen LogP contribution >= 0.6 is 27.5 Å². The van der Waals surface area contributed by atoms with E-state index in [2.05, 4.69) is 26.4 Å². The van der Waals surface area contributed by atoms with E-state index >= 15 is 0 Å². The number of rotatable bonds is 3. The molecular weight excluding hydrogens is 238 g/mol. The van der Waals surface area contributed by atoms with E-state index in [1.165, 1.54) is 11.3 Å². The monoisotopic (exact) mass is 247 g/mol. The highest BCUT2D eigenvalue weighted by Crippen LogP contribution is 2.50. The van der Waals surface area contributed by atoms with Gasteiger partial charge in [0.25, 0.3) is 0 Å². The van der Waals surface area contributed by atoms with Gasteiger partial charge in [-0.2, -0.15) is 4.37 Å². The summed E-state index contributed by atoms with van der Waals surface area (Å²) in [6.07, 6.45) is 1.30. The second kappa shape index (κ2) is 3.34. The van der Waals surface area contributed by atoms with Crippen molar-refractivity contribution < 1.29 is 4.74 Å². The summed E-state index contributed by atoms with van der Waals surface area (Å²) < 4.78 is 9.20. The van der Waals surface area contributed by atoms with E-state index in [0.717, 1.165) is 23.0 Å². The maximum atomic E-state index is 5.03. The first-order chi connectivity index (χ1) is 5.85. The topological polar surface area (TPSA) is 22.1 Å². The fourth-order valence-electron chi connectivity index (χ4n) is 1.31. The van der Waals surface area contributed by atoms with E-state index in [4.69, 9.17) is 4.74 Å². The molecule has 1 aromatic heterocycles. The largest absolute Gasteiger partial charge is 0.480 e. The Morgan fingerprint density at radius 1 is 1.83 bits per heavy atom. The van der Waals surface area contributed by atoms with Gasteiger partial charge in [-0.1, -0.05) is 15.9 Å². The van der Waals surface area contributed by atoms with Crippen LogP contribution in [0.5, 0.6) is 5.88 Å². The molecule has 0 aromatic carbocycles. The zero-order valence-corrected chi connectivity index (χ0v) is 9.19. The van der Waals surface area contributed by atoms with Crippen molar-refractivity contribution in [3.05, 3.63) is 10.9 Å². The lowest BCUT2D eigenvalue weighted by atomic mass is 10.3. The number of aromatic nitrogens is 1. The van der Waals surface area contributed by atoms with Crippen LogP contribution in [0, 0.1) is 5.92 Å². The maximum Gasteiger partial charge on any atom is 0.225 e. The third-order valence-electron chi connectivity index (χ3n) is 2.20. The molecule has 2 nitrogen and oxygen atoms in total. The van der Waals surface area contributed by atoms with E-state index < -0.39 is 0 Å². The van der Waals surface area contributed by atoms with Gasteiger partial charge < -0.3 is 4.74 Å². The molecule has 0 saturated heterocycles. The first kappa shape index (κ1) is 8.51. The van der Waals surface area contributed by atoms with Crippen molar-refractivity contribution in [1.82, 2.24) is 4.37 Å². The van der Waals surface area contributed by atoms with Crippen molar-refractivity contribution in [1.29, 1.82) is 0 Å². The molecule has 0 spiro atoms. The summed E-state index contributed by atoms with van der Waals surface area (Å²) in [6.45, 7) is 0. The smallest absolute Gasteiger partial charge is 0.225 e. The summed E-state index contributed by atoms with van der Waals surface area (Å²) in [5, 5.41) is 1.11. The van der Waals surface area contributed by atoms with Crippen molar-refractivity contribution in [3.8, 4) is 5.88 Å². The molecule has 0 radical (unpaired) electrons. The zero-order valence-electron chi connectivity index (χ0n) is 6.79. The van der Waals surface area contributed by atoms with Crippen LogP contribution in [0.1, 0.15) is 17.2 Å². The van der Waals surface area contributed by atoms with Gasteiger partial charge in [0.05, 0.1) is 7.11 Å². The molecule has 12 heavy (non-hydrogen) atoms. The lowest BCUT2D eigenvalue weighted by Gasteiger charge is -1.89. The molecule has 1 aliphatic rings. The second-order valence-corrected chi connectivity index (χ2v) is 4.51. The summed E-state index contributed by atoms with van der Waals surface area (Å²) >= 11 is 5.06. The van der Waals surface area contributed by atoms with Gasteiger partial charge in [-0.15, -0.1) is 0 Å². The van der Waals surface area contributed by atoms with E-state index in [9.17, 15) is 0 Å². The molecule has 2 unspecified atom stereocenters. The van der Waals surface area contributed by atoms with Gasteiger partial charge in [-0.05, 0) is 29.8 Å². The number of ether oxygens (including phenoxy) is 1. The summed E-state index contributed by atoms with van der Waals surface area (Å²) in [6, 6.07) is 2.05. The van der Waals surface area contributed by atoms with Gasteiger partial charge in [-0.25, -0.2) is 0 Å². The van der Waals surface area contributed by atoms with Crippen LogP contribution < -0.4 is 4.74 Å². The van der Waals surface area contributed by atoms with Crippen molar-refractivity contribution in [3.63, 3.8) is 0 Å². The molecule has 1 saturated carbocycles. The lowest BCUT2D eigenvalue weighted by molar-refractivity contribution is 0.402. The average Bonchev–Trinajstić information content (AvgIpc) is 2.75.